The summed E-state index contributed by atoms with van der Waals surface area (Å²) in [6.45, 7) is 3.22. The molecule has 0 radical (unpaired) electrons. The topological polar surface area (TPSA) is 77.2 Å². The average Bonchev–Trinajstić information content (AvgIpc) is 2.05. The van der Waals surface area contributed by atoms with Crippen LogP contribution in [0.3, 0.4) is 0 Å². The Morgan fingerprint density at radius 3 is 2.40 bits per heavy atom. The second-order valence-corrected chi connectivity index (χ2v) is 5.12. The van der Waals surface area contributed by atoms with Gasteiger partial charge in [0.05, 0.1) is 5.75 Å². The maximum absolute atomic E-state index is 11.1. The lowest BCUT2D eigenvalue weighted by molar-refractivity contribution is 0.101. The van der Waals surface area contributed by atoms with E-state index in [1.165, 1.54) is 6.92 Å². The van der Waals surface area contributed by atoms with Crippen LogP contribution in [0.4, 0.5) is 0 Å². The van der Waals surface area contributed by atoms with Crippen molar-refractivity contribution in [3.05, 3.63) is 34.9 Å². The molecule has 0 unspecified atom stereocenters. The first-order valence-electron chi connectivity index (χ1n) is 4.40. The summed E-state index contributed by atoms with van der Waals surface area (Å²) in [6, 6.07) is 4.90. The van der Waals surface area contributed by atoms with Crippen LogP contribution in [0.1, 0.15) is 28.4 Å². The third-order valence-corrected chi connectivity index (χ3v) is 2.82. The highest BCUT2D eigenvalue weighted by atomic mass is 32.2. The predicted octanol–water partition coefficient (Wildman–Crippen LogP) is 0.986. The molecule has 0 saturated carbocycles. The van der Waals surface area contributed by atoms with Gasteiger partial charge in [0.25, 0.3) is 0 Å². The summed E-state index contributed by atoms with van der Waals surface area (Å²) >= 11 is 0. The number of hydrogen-bond donors (Lipinski definition) is 1. The minimum Gasteiger partial charge on any atom is -0.295 e. The van der Waals surface area contributed by atoms with Crippen molar-refractivity contribution in [2.24, 2.45) is 5.14 Å². The van der Waals surface area contributed by atoms with Crippen molar-refractivity contribution in [2.75, 3.05) is 0 Å². The van der Waals surface area contributed by atoms with Crippen LogP contribution < -0.4 is 5.14 Å². The fourth-order valence-electron chi connectivity index (χ4n) is 1.29. The Kier molecular flexibility index (Phi) is 3.26. The van der Waals surface area contributed by atoms with Gasteiger partial charge in [-0.3, -0.25) is 4.79 Å². The van der Waals surface area contributed by atoms with E-state index in [0.29, 0.717) is 11.1 Å². The molecule has 1 aromatic rings. The summed E-state index contributed by atoms with van der Waals surface area (Å²) in [6.07, 6.45) is 0. The zero-order chi connectivity index (χ0) is 11.6. The highest BCUT2D eigenvalue weighted by Gasteiger charge is 2.09. The van der Waals surface area contributed by atoms with E-state index in [9.17, 15) is 13.2 Å². The number of Topliss-reactive ketones (excluding diaryl/α,β-unsaturated/α-hetero) is 1. The third-order valence-electron chi connectivity index (χ3n) is 2.11. The molecule has 0 bridgehead atoms. The van der Waals surface area contributed by atoms with Crippen LogP contribution in [0.5, 0.6) is 0 Å². The smallest absolute Gasteiger partial charge is 0.213 e. The molecule has 0 fully saturated rings. The van der Waals surface area contributed by atoms with Gasteiger partial charge in [-0.25, -0.2) is 13.6 Å². The first-order valence-corrected chi connectivity index (χ1v) is 6.12. The van der Waals surface area contributed by atoms with Crippen LogP contribution in [0.15, 0.2) is 18.2 Å². The molecule has 2 N–H and O–H groups in total. The van der Waals surface area contributed by atoms with Crippen LogP contribution in [0.25, 0.3) is 0 Å². The number of benzene rings is 1. The number of primary sulfonamides is 1. The molecule has 0 aliphatic carbocycles. The number of sulfonamides is 1. The summed E-state index contributed by atoms with van der Waals surface area (Å²) in [5.41, 5.74) is 1.96. The number of ketones is 1. The molecule has 0 amide bonds. The van der Waals surface area contributed by atoms with E-state index >= 15 is 0 Å². The highest BCUT2D eigenvalue weighted by molar-refractivity contribution is 7.88. The molecule has 1 aromatic carbocycles. The van der Waals surface area contributed by atoms with Gasteiger partial charge in [-0.1, -0.05) is 12.1 Å². The first-order chi connectivity index (χ1) is 6.79. The SMILES string of the molecule is CC(=O)c1ccc(CS(N)(=O)=O)c(C)c1. The standard InChI is InChI=1S/C10H13NO3S/c1-7-5-9(8(2)12)3-4-10(7)6-15(11,13)14/h3-5H,6H2,1-2H3,(H2,11,13,14). The Morgan fingerprint density at radius 2 is 2.00 bits per heavy atom. The molecule has 0 heterocycles. The van der Waals surface area contributed by atoms with E-state index in [4.69, 9.17) is 5.14 Å². The Bertz CT molecular complexity index is 491. The van der Waals surface area contributed by atoms with Crippen molar-refractivity contribution in [1.82, 2.24) is 0 Å². The maximum Gasteiger partial charge on any atom is 0.213 e. The largest absolute Gasteiger partial charge is 0.295 e. The molecule has 0 aliphatic heterocycles. The highest BCUT2D eigenvalue weighted by Crippen LogP contribution is 2.13. The van der Waals surface area contributed by atoms with Gasteiger partial charge in [0, 0.05) is 5.56 Å². The van der Waals surface area contributed by atoms with Crippen LogP contribution in [0, 0.1) is 6.92 Å². The van der Waals surface area contributed by atoms with E-state index in [1.807, 2.05) is 0 Å². The van der Waals surface area contributed by atoms with E-state index in [0.717, 1.165) is 5.56 Å². The second-order valence-electron chi connectivity index (χ2n) is 3.50. The van der Waals surface area contributed by atoms with Crippen molar-refractivity contribution in [2.45, 2.75) is 19.6 Å². The Balaban J connectivity index is 3.09. The molecule has 0 saturated heterocycles. The number of hydrogen-bond acceptors (Lipinski definition) is 3. The average molecular weight is 227 g/mol. The molecule has 1 rings (SSSR count). The minimum absolute atomic E-state index is 0.0414. The van der Waals surface area contributed by atoms with Gasteiger partial charge >= 0.3 is 0 Å². The van der Waals surface area contributed by atoms with E-state index in [-0.39, 0.29) is 11.5 Å². The van der Waals surface area contributed by atoms with Gasteiger partial charge in [0.2, 0.25) is 10.0 Å². The Hall–Kier alpha value is -1.20. The maximum atomic E-state index is 11.1. The third kappa shape index (κ3) is 3.45. The number of nitrogens with two attached hydrogens (primary N) is 1. The second kappa shape index (κ2) is 4.12. The van der Waals surface area contributed by atoms with Crippen LogP contribution in [-0.2, 0) is 15.8 Å². The summed E-state index contributed by atoms with van der Waals surface area (Å²) in [7, 11) is -3.52. The lowest BCUT2D eigenvalue weighted by Crippen LogP contribution is -2.15. The number of rotatable bonds is 3. The summed E-state index contributed by atoms with van der Waals surface area (Å²) < 4.78 is 21.8. The normalized spacial score (nSPS) is 11.4. The van der Waals surface area contributed by atoms with Gasteiger partial charge < -0.3 is 0 Å². The molecule has 0 spiro atoms. The summed E-state index contributed by atoms with van der Waals surface area (Å²) in [4.78, 5) is 11.1. The molecule has 15 heavy (non-hydrogen) atoms. The molecule has 0 aliphatic rings. The van der Waals surface area contributed by atoms with Crippen molar-refractivity contribution < 1.29 is 13.2 Å². The molecule has 4 nitrogen and oxygen atoms in total. The Morgan fingerprint density at radius 1 is 1.40 bits per heavy atom. The molecule has 82 valence electrons. The van der Waals surface area contributed by atoms with Gasteiger partial charge in [-0.2, -0.15) is 0 Å². The van der Waals surface area contributed by atoms with Crippen LogP contribution in [-0.4, -0.2) is 14.2 Å². The van der Waals surface area contributed by atoms with Gasteiger partial charge in [0.1, 0.15) is 0 Å². The fourth-order valence-corrected chi connectivity index (χ4v) is 2.05. The zero-order valence-electron chi connectivity index (χ0n) is 8.65. The molecule has 0 aromatic heterocycles. The van der Waals surface area contributed by atoms with Gasteiger partial charge in [-0.05, 0) is 31.0 Å². The fraction of sp³-hybridized carbons (Fsp3) is 0.300. The quantitative estimate of drug-likeness (QED) is 0.782. The van der Waals surface area contributed by atoms with Gasteiger partial charge in [0.15, 0.2) is 5.78 Å². The monoisotopic (exact) mass is 227 g/mol. The van der Waals surface area contributed by atoms with Crippen molar-refractivity contribution in [1.29, 1.82) is 0 Å². The first kappa shape index (κ1) is 11.9. The number of carbonyl (C=O) groups is 1. The van der Waals surface area contributed by atoms with Gasteiger partial charge in [-0.15, -0.1) is 0 Å². The van der Waals surface area contributed by atoms with Crippen molar-refractivity contribution >= 4 is 15.8 Å². The molecule has 0 atom stereocenters. The molecule has 5 heteroatoms. The predicted molar refractivity (Wildman–Crippen MR) is 58.0 cm³/mol. The lowest BCUT2D eigenvalue weighted by Gasteiger charge is -2.05. The van der Waals surface area contributed by atoms with Crippen LogP contribution >= 0.6 is 0 Å². The number of aryl methyl sites for hydroxylation is 1. The Labute approximate surface area is 89.2 Å². The van der Waals surface area contributed by atoms with E-state index in [2.05, 4.69) is 0 Å². The summed E-state index contributed by atoms with van der Waals surface area (Å²) in [5.74, 6) is -0.239. The summed E-state index contributed by atoms with van der Waals surface area (Å²) in [5, 5.41) is 4.94. The molecular formula is C10H13NO3S. The molecular weight excluding hydrogens is 214 g/mol. The van der Waals surface area contributed by atoms with Crippen LogP contribution in [0.2, 0.25) is 0 Å². The number of carbonyl (C=O) groups excluding carboxylic acids is 1. The van der Waals surface area contributed by atoms with Crippen molar-refractivity contribution in [3.8, 4) is 0 Å². The van der Waals surface area contributed by atoms with E-state index in [1.54, 1.807) is 25.1 Å². The zero-order valence-corrected chi connectivity index (χ0v) is 9.47. The lowest BCUT2D eigenvalue weighted by atomic mass is 10.0. The van der Waals surface area contributed by atoms with E-state index < -0.39 is 10.0 Å². The minimum atomic E-state index is -3.52. The van der Waals surface area contributed by atoms with Crippen molar-refractivity contribution in [3.63, 3.8) is 0 Å².